The van der Waals surface area contributed by atoms with Crippen LogP contribution in [0.3, 0.4) is 0 Å². The van der Waals surface area contributed by atoms with Gasteiger partial charge in [-0.05, 0) is 47.7 Å². The van der Waals surface area contributed by atoms with E-state index in [9.17, 15) is 8.42 Å². The summed E-state index contributed by atoms with van der Waals surface area (Å²) < 4.78 is 33.0. The van der Waals surface area contributed by atoms with Gasteiger partial charge in [-0.3, -0.25) is 0 Å². The van der Waals surface area contributed by atoms with Crippen LogP contribution in [0.2, 0.25) is 0 Å². The van der Waals surface area contributed by atoms with Gasteiger partial charge in [0.1, 0.15) is 10.7 Å². The molecule has 1 fully saturated rings. The summed E-state index contributed by atoms with van der Waals surface area (Å²) in [6.45, 7) is 1.10. The predicted molar refractivity (Wildman–Crippen MR) is 79.7 cm³/mol. The van der Waals surface area contributed by atoms with Crippen molar-refractivity contribution in [2.24, 2.45) is 0 Å². The molecule has 1 aliphatic heterocycles. The first-order chi connectivity index (χ1) is 9.49. The molecule has 0 spiro atoms. The van der Waals surface area contributed by atoms with Crippen LogP contribution in [-0.2, 0) is 14.8 Å². The number of nitrogens with one attached hydrogen (secondary N) is 1. The molecule has 2 rings (SSSR count). The van der Waals surface area contributed by atoms with E-state index in [1.54, 1.807) is 0 Å². The molecular weight excluding hydrogens is 346 g/mol. The number of sulfonamides is 1. The minimum Gasteiger partial charge on any atom is -0.383 e. The number of hydrogen-bond acceptors (Lipinski definition) is 5. The Balaban J connectivity index is 1.95. The molecule has 3 N–H and O–H groups in total. The first-order valence-electron chi connectivity index (χ1n) is 6.51. The van der Waals surface area contributed by atoms with Crippen LogP contribution in [0, 0.1) is 0 Å². The molecule has 1 aromatic heterocycles. The Hall–Kier alpha value is -0.700. The van der Waals surface area contributed by atoms with Crippen molar-refractivity contribution in [2.75, 3.05) is 18.9 Å². The molecule has 2 heterocycles. The molecule has 112 valence electrons. The lowest BCUT2D eigenvalue weighted by molar-refractivity contribution is 0.0123. The van der Waals surface area contributed by atoms with Gasteiger partial charge in [-0.15, -0.1) is 0 Å². The molecule has 0 aliphatic carbocycles. The van der Waals surface area contributed by atoms with E-state index in [2.05, 4.69) is 25.6 Å². The van der Waals surface area contributed by atoms with Crippen molar-refractivity contribution in [1.29, 1.82) is 0 Å². The number of pyridine rings is 1. The number of hydrogen-bond donors (Lipinski definition) is 2. The molecule has 0 radical (unpaired) electrons. The lowest BCUT2D eigenvalue weighted by Crippen LogP contribution is -2.30. The third kappa shape index (κ3) is 4.15. The third-order valence-electron chi connectivity index (χ3n) is 3.17. The van der Waals surface area contributed by atoms with Crippen LogP contribution in [0.25, 0.3) is 0 Å². The Morgan fingerprint density at radius 1 is 1.50 bits per heavy atom. The Labute approximate surface area is 127 Å². The molecule has 1 saturated heterocycles. The van der Waals surface area contributed by atoms with Crippen molar-refractivity contribution in [3.05, 3.63) is 16.7 Å². The maximum absolute atomic E-state index is 12.2. The fourth-order valence-electron chi connectivity index (χ4n) is 2.11. The molecule has 8 heteroatoms. The quantitative estimate of drug-likeness (QED) is 0.829. The topological polar surface area (TPSA) is 94.3 Å². The molecule has 1 atom stereocenters. The van der Waals surface area contributed by atoms with E-state index in [0.717, 1.165) is 25.9 Å². The fraction of sp³-hybridized carbons (Fsp3) is 0.583. The van der Waals surface area contributed by atoms with Gasteiger partial charge >= 0.3 is 0 Å². The molecule has 0 bridgehead atoms. The Bertz CT molecular complexity index is 559. The Morgan fingerprint density at radius 3 is 3.00 bits per heavy atom. The van der Waals surface area contributed by atoms with Crippen molar-refractivity contribution in [3.8, 4) is 0 Å². The summed E-state index contributed by atoms with van der Waals surface area (Å²) in [7, 11) is -3.64. The number of aromatic nitrogens is 1. The summed E-state index contributed by atoms with van der Waals surface area (Å²) in [6, 6.07) is 1.45. The van der Waals surface area contributed by atoms with Gasteiger partial charge in [-0.2, -0.15) is 0 Å². The van der Waals surface area contributed by atoms with Gasteiger partial charge < -0.3 is 10.5 Å². The maximum Gasteiger partial charge on any atom is 0.244 e. The highest BCUT2D eigenvalue weighted by atomic mass is 79.9. The molecule has 6 nitrogen and oxygen atoms in total. The van der Waals surface area contributed by atoms with Gasteiger partial charge in [-0.25, -0.2) is 18.1 Å². The summed E-state index contributed by atoms with van der Waals surface area (Å²) in [6.07, 6.45) is 5.49. The number of nitrogens with two attached hydrogens (primary N) is 1. The van der Waals surface area contributed by atoms with Gasteiger partial charge in [0.2, 0.25) is 10.0 Å². The molecule has 1 aromatic rings. The average Bonchev–Trinajstić information content (AvgIpc) is 2.42. The highest BCUT2D eigenvalue weighted by Crippen LogP contribution is 2.20. The summed E-state index contributed by atoms with van der Waals surface area (Å²) in [5.41, 5.74) is 5.61. The van der Waals surface area contributed by atoms with Crippen molar-refractivity contribution in [1.82, 2.24) is 9.71 Å². The second-order valence-corrected chi connectivity index (χ2v) is 7.36. The molecule has 0 amide bonds. The van der Waals surface area contributed by atoms with Gasteiger partial charge in [-0.1, -0.05) is 0 Å². The Morgan fingerprint density at radius 2 is 2.30 bits per heavy atom. The average molecular weight is 364 g/mol. The number of nitrogens with zero attached hydrogens (tertiary/aromatic N) is 1. The lowest BCUT2D eigenvalue weighted by atomic mass is 10.1. The zero-order valence-electron chi connectivity index (χ0n) is 11.0. The SMILES string of the molecule is Nc1ncc(Br)cc1S(=O)(=O)NCCC1CCCCO1. The van der Waals surface area contributed by atoms with Crippen LogP contribution >= 0.6 is 15.9 Å². The van der Waals surface area contributed by atoms with Crippen LogP contribution in [-0.4, -0.2) is 32.7 Å². The van der Waals surface area contributed by atoms with E-state index in [0.29, 0.717) is 17.4 Å². The van der Waals surface area contributed by atoms with Crippen LogP contribution < -0.4 is 10.5 Å². The summed E-state index contributed by atoms with van der Waals surface area (Å²) >= 11 is 3.19. The molecule has 20 heavy (non-hydrogen) atoms. The number of anilines is 1. The number of rotatable bonds is 5. The van der Waals surface area contributed by atoms with Crippen molar-refractivity contribution >= 4 is 31.8 Å². The van der Waals surface area contributed by atoms with Gasteiger partial charge in [0.15, 0.2) is 0 Å². The zero-order valence-corrected chi connectivity index (χ0v) is 13.4. The molecule has 1 aliphatic rings. The van der Waals surface area contributed by atoms with Gasteiger partial charge in [0, 0.05) is 23.8 Å². The molecule has 1 unspecified atom stereocenters. The second-order valence-electron chi connectivity index (χ2n) is 4.71. The predicted octanol–water partition coefficient (Wildman–Crippen LogP) is 1.66. The first kappa shape index (κ1) is 15.7. The monoisotopic (exact) mass is 363 g/mol. The second kappa shape index (κ2) is 6.84. The van der Waals surface area contributed by atoms with Gasteiger partial charge in [0.05, 0.1) is 6.10 Å². The van der Waals surface area contributed by atoms with E-state index in [1.165, 1.54) is 12.3 Å². The summed E-state index contributed by atoms with van der Waals surface area (Å²) in [5.74, 6) is -0.00498. The van der Waals surface area contributed by atoms with Gasteiger partial charge in [0.25, 0.3) is 0 Å². The lowest BCUT2D eigenvalue weighted by Gasteiger charge is -2.22. The standard InChI is InChI=1S/C12H18BrN3O3S/c13-9-7-11(12(14)15-8-9)20(17,18)16-5-4-10-3-1-2-6-19-10/h7-8,10,16H,1-6H2,(H2,14,15). The summed E-state index contributed by atoms with van der Waals surface area (Å²) in [4.78, 5) is 3.83. The zero-order chi connectivity index (χ0) is 14.6. The molecule has 0 saturated carbocycles. The molecular formula is C12H18BrN3O3S. The fourth-order valence-corrected chi connectivity index (χ4v) is 3.75. The normalized spacial score (nSPS) is 19.9. The van der Waals surface area contributed by atoms with Crippen molar-refractivity contribution < 1.29 is 13.2 Å². The van der Waals surface area contributed by atoms with Crippen molar-refractivity contribution in [3.63, 3.8) is 0 Å². The first-order valence-corrected chi connectivity index (χ1v) is 8.79. The highest BCUT2D eigenvalue weighted by molar-refractivity contribution is 9.10. The Kier molecular flexibility index (Phi) is 5.36. The minimum atomic E-state index is -3.64. The third-order valence-corrected chi connectivity index (χ3v) is 5.09. The van der Waals surface area contributed by atoms with E-state index in [1.807, 2.05) is 0 Å². The van der Waals surface area contributed by atoms with Crippen LogP contribution in [0.4, 0.5) is 5.82 Å². The van der Waals surface area contributed by atoms with Crippen LogP contribution in [0.5, 0.6) is 0 Å². The largest absolute Gasteiger partial charge is 0.383 e. The molecule has 0 aromatic carbocycles. The minimum absolute atomic E-state index is 0.00330. The highest BCUT2D eigenvalue weighted by Gasteiger charge is 2.20. The van der Waals surface area contributed by atoms with E-state index < -0.39 is 10.0 Å². The maximum atomic E-state index is 12.2. The van der Waals surface area contributed by atoms with Crippen LogP contribution in [0.1, 0.15) is 25.7 Å². The van der Waals surface area contributed by atoms with Crippen LogP contribution in [0.15, 0.2) is 21.6 Å². The van der Waals surface area contributed by atoms with Crippen molar-refractivity contribution in [2.45, 2.75) is 36.7 Å². The number of ether oxygens (including phenoxy) is 1. The van der Waals surface area contributed by atoms with E-state index in [4.69, 9.17) is 10.5 Å². The smallest absolute Gasteiger partial charge is 0.244 e. The van der Waals surface area contributed by atoms with E-state index in [-0.39, 0.29) is 16.8 Å². The number of halogens is 1. The van der Waals surface area contributed by atoms with E-state index >= 15 is 0 Å². The number of nitrogen functional groups attached to an aromatic ring is 1. The summed E-state index contributed by atoms with van der Waals surface area (Å²) in [5, 5.41) is 0.